The Hall–Kier alpha value is -2.47. The van der Waals surface area contributed by atoms with Crippen LogP contribution in [0.15, 0.2) is 36.4 Å². The van der Waals surface area contributed by atoms with Crippen LogP contribution in [-0.2, 0) is 9.53 Å². The third-order valence-corrected chi connectivity index (χ3v) is 3.00. The van der Waals surface area contributed by atoms with E-state index in [-0.39, 0.29) is 22.1 Å². The van der Waals surface area contributed by atoms with E-state index in [0.29, 0.717) is 0 Å². The van der Waals surface area contributed by atoms with E-state index >= 15 is 0 Å². The largest absolute Gasteiger partial charge is 0.463 e. The Morgan fingerprint density at radius 1 is 1.00 bits per heavy atom. The average Bonchev–Trinajstić information content (AvgIpc) is 2.49. The maximum absolute atomic E-state index is 13.1. The molecule has 2 aromatic rings. The lowest BCUT2D eigenvalue weighted by Gasteiger charge is -2.08. The molecule has 0 N–H and O–H groups in total. The van der Waals surface area contributed by atoms with Crippen molar-refractivity contribution in [3.05, 3.63) is 58.6 Å². The fourth-order valence-electron chi connectivity index (χ4n) is 1.62. The predicted molar refractivity (Wildman–Crippen MR) is 74.2 cm³/mol. The van der Waals surface area contributed by atoms with Gasteiger partial charge < -0.3 is 9.47 Å². The summed E-state index contributed by atoms with van der Waals surface area (Å²) in [6, 6.07) is 6.94. The van der Waals surface area contributed by atoms with Crippen LogP contribution in [0.2, 0.25) is 5.02 Å². The van der Waals surface area contributed by atoms with Crippen LogP contribution in [0.1, 0.15) is 10.4 Å². The van der Waals surface area contributed by atoms with Crippen LogP contribution in [0.5, 0.6) is 11.5 Å². The van der Waals surface area contributed by atoms with Gasteiger partial charge in [-0.2, -0.15) is 0 Å². The van der Waals surface area contributed by atoms with Gasteiger partial charge in [-0.25, -0.2) is 13.6 Å². The average molecular weight is 327 g/mol. The quantitative estimate of drug-likeness (QED) is 0.487. The number of carbonyl (C=O) groups excluding carboxylic acids is 2. The molecule has 0 saturated carbocycles. The Labute approximate surface area is 129 Å². The molecule has 0 aliphatic rings. The van der Waals surface area contributed by atoms with Crippen molar-refractivity contribution in [2.45, 2.75) is 0 Å². The summed E-state index contributed by atoms with van der Waals surface area (Å²) in [5.41, 5.74) is -0.0499. The van der Waals surface area contributed by atoms with Crippen LogP contribution in [0, 0.1) is 11.6 Å². The fraction of sp³-hybridized carbons (Fsp3) is 0.0667. The van der Waals surface area contributed by atoms with Gasteiger partial charge >= 0.3 is 5.97 Å². The van der Waals surface area contributed by atoms with E-state index in [0.717, 1.165) is 19.2 Å². The Balaban J connectivity index is 2.24. The van der Waals surface area contributed by atoms with Crippen molar-refractivity contribution >= 4 is 23.4 Å². The molecule has 0 bridgehead atoms. The third-order valence-electron chi connectivity index (χ3n) is 2.68. The van der Waals surface area contributed by atoms with Crippen LogP contribution in [0.4, 0.5) is 8.78 Å². The summed E-state index contributed by atoms with van der Waals surface area (Å²) in [4.78, 5) is 22.8. The smallest absolute Gasteiger partial charge is 0.379 e. The van der Waals surface area contributed by atoms with Gasteiger partial charge in [-0.1, -0.05) is 11.6 Å². The van der Waals surface area contributed by atoms with Crippen LogP contribution in [0.3, 0.4) is 0 Å². The van der Waals surface area contributed by atoms with Gasteiger partial charge in [0.2, 0.25) is 0 Å². The molecule has 0 aliphatic heterocycles. The second kappa shape index (κ2) is 6.53. The zero-order valence-electron chi connectivity index (χ0n) is 11.2. The molecule has 2 aromatic carbocycles. The predicted octanol–water partition coefficient (Wildman–Crippen LogP) is 3.77. The Bertz CT molecular complexity index is 746. The number of hydrogen-bond donors (Lipinski definition) is 0. The molecule has 4 nitrogen and oxygen atoms in total. The van der Waals surface area contributed by atoms with Gasteiger partial charge in [0.25, 0.3) is 5.78 Å². The molecule has 0 heterocycles. The summed E-state index contributed by atoms with van der Waals surface area (Å²) in [6.45, 7) is 0. The van der Waals surface area contributed by atoms with E-state index in [9.17, 15) is 18.4 Å². The molecule has 114 valence electrons. The van der Waals surface area contributed by atoms with Crippen molar-refractivity contribution in [1.29, 1.82) is 0 Å². The Kier molecular flexibility index (Phi) is 4.72. The van der Waals surface area contributed by atoms with E-state index < -0.39 is 23.4 Å². The molecule has 2 rings (SSSR count). The van der Waals surface area contributed by atoms with Crippen molar-refractivity contribution in [1.82, 2.24) is 0 Å². The molecule has 7 heteroatoms. The Morgan fingerprint density at radius 2 is 1.64 bits per heavy atom. The van der Waals surface area contributed by atoms with Crippen LogP contribution in [-0.4, -0.2) is 18.9 Å². The van der Waals surface area contributed by atoms with E-state index in [2.05, 4.69) is 4.74 Å². The highest BCUT2D eigenvalue weighted by Crippen LogP contribution is 2.28. The van der Waals surface area contributed by atoms with Crippen molar-refractivity contribution in [3.63, 3.8) is 0 Å². The van der Waals surface area contributed by atoms with Crippen molar-refractivity contribution in [2.75, 3.05) is 7.11 Å². The van der Waals surface area contributed by atoms with Gasteiger partial charge in [0.1, 0.15) is 11.5 Å². The number of ether oxygens (including phenoxy) is 2. The lowest BCUT2D eigenvalue weighted by molar-refractivity contribution is -0.135. The normalized spacial score (nSPS) is 10.2. The van der Waals surface area contributed by atoms with Crippen LogP contribution < -0.4 is 4.74 Å². The summed E-state index contributed by atoms with van der Waals surface area (Å²) in [5, 5.41) is -0.0320. The van der Waals surface area contributed by atoms with Crippen molar-refractivity contribution in [3.8, 4) is 11.5 Å². The third kappa shape index (κ3) is 3.40. The SMILES string of the molecule is COC(=O)C(=O)c1ccc(Oc2ccc(F)c(F)c2)cc1Cl. The molecule has 0 atom stereocenters. The van der Waals surface area contributed by atoms with Gasteiger partial charge in [-0.3, -0.25) is 4.79 Å². The Morgan fingerprint density at radius 3 is 2.23 bits per heavy atom. The second-order valence-corrected chi connectivity index (χ2v) is 4.55. The maximum Gasteiger partial charge on any atom is 0.379 e. The summed E-state index contributed by atoms with van der Waals surface area (Å²) < 4.78 is 35.5. The first-order valence-corrected chi connectivity index (χ1v) is 6.35. The molecule has 0 spiro atoms. The van der Waals surface area contributed by atoms with E-state index in [1.165, 1.54) is 24.3 Å². The zero-order chi connectivity index (χ0) is 16.3. The molecule has 0 aliphatic carbocycles. The zero-order valence-corrected chi connectivity index (χ0v) is 12.0. The second-order valence-electron chi connectivity index (χ2n) is 4.14. The molecule has 0 amide bonds. The molecular formula is C15H9ClF2O4. The van der Waals surface area contributed by atoms with Crippen LogP contribution in [0.25, 0.3) is 0 Å². The number of ketones is 1. The number of methoxy groups -OCH3 is 1. The number of benzene rings is 2. The molecular weight excluding hydrogens is 318 g/mol. The first-order chi connectivity index (χ1) is 10.4. The first-order valence-electron chi connectivity index (χ1n) is 5.97. The van der Waals surface area contributed by atoms with Gasteiger partial charge in [-0.15, -0.1) is 0 Å². The molecule has 0 saturated heterocycles. The van der Waals surface area contributed by atoms with E-state index in [4.69, 9.17) is 16.3 Å². The minimum Gasteiger partial charge on any atom is -0.463 e. The number of halogens is 3. The highest BCUT2D eigenvalue weighted by Gasteiger charge is 2.20. The fourth-order valence-corrected chi connectivity index (χ4v) is 1.88. The number of Topliss-reactive ketones (excluding diaryl/α,β-unsaturated/α-hetero) is 1. The minimum absolute atomic E-state index is 0.0320. The van der Waals surface area contributed by atoms with Gasteiger partial charge in [-0.05, 0) is 24.3 Å². The van der Waals surface area contributed by atoms with Crippen molar-refractivity contribution < 1.29 is 27.8 Å². The topological polar surface area (TPSA) is 52.6 Å². The van der Waals surface area contributed by atoms with Gasteiger partial charge in [0.05, 0.1) is 12.1 Å². The van der Waals surface area contributed by atoms with Gasteiger partial charge in [0.15, 0.2) is 11.6 Å². The summed E-state index contributed by atoms with van der Waals surface area (Å²) in [5.74, 6) is -3.74. The highest BCUT2D eigenvalue weighted by atomic mass is 35.5. The maximum atomic E-state index is 13.1. The number of esters is 1. The molecule has 22 heavy (non-hydrogen) atoms. The summed E-state index contributed by atoms with van der Waals surface area (Å²) in [7, 11) is 1.08. The number of carbonyl (C=O) groups is 2. The standard InChI is InChI=1S/C15H9ClF2O4/c1-21-15(20)14(19)10-4-2-8(6-11(10)16)22-9-3-5-12(17)13(18)7-9/h2-7H,1H3. The van der Waals surface area contributed by atoms with E-state index in [1.54, 1.807) is 0 Å². The minimum atomic E-state index is -1.05. The highest BCUT2D eigenvalue weighted by molar-refractivity contribution is 6.45. The molecule has 0 unspecified atom stereocenters. The van der Waals surface area contributed by atoms with E-state index in [1.807, 2.05) is 0 Å². The van der Waals surface area contributed by atoms with Crippen LogP contribution >= 0.6 is 11.6 Å². The first kappa shape index (κ1) is 15.9. The molecule has 0 fully saturated rings. The summed E-state index contributed by atoms with van der Waals surface area (Å²) >= 11 is 5.91. The number of rotatable bonds is 4. The lowest BCUT2D eigenvalue weighted by Crippen LogP contribution is -2.16. The molecule has 0 aromatic heterocycles. The lowest BCUT2D eigenvalue weighted by atomic mass is 10.1. The molecule has 0 radical (unpaired) electrons. The number of hydrogen-bond acceptors (Lipinski definition) is 4. The van der Waals surface area contributed by atoms with Crippen molar-refractivity contribution in [2.24, 2.45) is 0 Å². The monoisotopic (exact) mass is 326 g/mol. The summed E-state index contributed by atoms with van der Waals surface area (Å²) in [6.07, 6.45) is 0. The van der Waals surface area contributed by atoms with Gasteiger partial charge in [0, 0.05) is 17.7 Å².